The summed E-state index contributed by atoms with van der Waals surface area (Å²) in [6, 6.07) is 4.16. The Hall–Kier alpha value is -1.12. The van der Waals surface area contributed by atoms with Crippen LogP contribution in [0, 0.1) is 10.1 Å². The number of carbonyl (C=O) groups excluding carboxylic acids is 1. The first-order chi connectivity index (χ1) is 8.95. The van der Waals surface area contributed by atoms with Gasteiger partial charge in [0.2, 0.25) is 0 Å². The topological polar surface area (TPSA) is 95.5 Å². The van der Waals surface area contributed by atoms with Gasteiger partial charge < -0.3 is 10.5 Å². The zero-order valence-electron chi connectivity index (χ0n) is 10.2. The molecule has 19 heavy (non-hydrogen) atoms. The minimum Gasteiger partial charge on any atom is -0.468 e. The number of nitro groups is 1. The molecule has 6 nitrogen and oxygen atoms in total. The van der Waals surface area contributed by atoms with E-state index in [0.29, 0.717) is 21.5 Å². The van der Waals surface area contributed by atoms with Gasteiger partial charge in [0.15, 0.2) is 0 Å². The van der Waals surface area contributed by atoms with Crippen molar-refractivity contribution in [1.29, 1.82) is 0 Å². The van der Waals surface area contributed by atoms with E-state index < -0.39 is 16.9 Å². The van der Waals surface area contributed by atoms with Crippen LogP contribution < -0.4 is 5.73 Å². The first-order valence-electron chi connectivity index (χ1n) is 5.29. The van der Waals surface area contributed by atoms with Gasteiger partial charge in [-0.05, 0) is 6.07 Å². The largest absolute Gasteiger partial charge is 0.468 e. The average molecular weight is 349 g/mol. The van der Waals surface area contributed by atoms with E-state index in [1.807, 2.05) is 0 Å². The van der Waals surface area contributed by atoms with Gasteiger partial charge in [0.1, 0.15) is 6.04 Å². The van der Waals surface area contributed by atoms with Crippen LogP contribution in [0.1, 0.15) is 5.56 Å². The third-order valence-corrected chi connectivity index (χ3v) is 3.91. The standard InChI is InChI=1S/C11H13BrN2O4S/c1-18-11(15)9(13)6-19-5-7-2-3-8(12)4-10(7)14(16)17/h2-4,9H,5-6,13H2,1H3. The molecule has 0 fully saturated rings. The molecule has 0 aliphatic heterocycles. The molecule has 0 heterocycles. The van der Waals surface area contributed by atoms with Crippen molar-refractivity contribution >= 4 is 39.3 Å². The fourth-order valence-electron chi connectivity index (χ4n) is 1.34. The van der Waals surface area contributed by atoms with Crippen LogP contribution in [0.5, 0.6) is 0 Å². The Morgan fingerprint density at radius 2 is 2.32 bits per heavy atom. The van der Waals surface area contributed by atoms with E-state index in [0.717, 1.165) is 0 Å². The predicted molar refractivity (Wildman–Crippen MR) is 76.9 cm³/mol. The summed E-state index contributed by atoms with van der Waals surface area (Å²) in [5.41, 5.74) is 6.22. The Morgan fingerprint density at radius 3 is 2.89 bits per heavy atom. The molecule has 8 heteroatoms. The van der Waals surface area contributed by atoms with Crippen molar-refractivity contribution in [3.63, 3.8) is 0 Å². The molecule has 1 atom stereocenters. The summed E-state index contributed by atoms with van der Waals surface area (Å²) in [6.07, 6.45) is 0. The van der Waals surface area contributed by atoms with Crippen molar-refractivity contribution in [3.05, 3.63) is 38.3 Å². The Kier molecular flexibility index (Phi) is 6.26. The van der Waals surface area contributed by atoms with E-state index in [1.165, 1.54) is 24.9 Å². The van der Waals surface area contributed by atoms with Gasteiger partial charge in [-0.2, -0.15) is 11.8 Å². The second-order valence-corrected chi connectivity index (χ2v) is 5.62. The highest BCUT2D eigenvalue weighted by molar-refractivity contribution is 9.10. The molecule has 0 aliphatic carbocycles. The molecule has 0 spiro atoms. The SMILES string of the molecule is COC(=O)C(N)CSCc1ccc(Br)cc1[N+](=O)[O-]. The van der Waals surface area contributed by atoms with E-state index in [2.05, 4.69) is 20.7 Å². The van der Waals surface area contributed by atoms with Crippen LogP contribution >= 0.6 is 27.7 Å². The van der Waals surface area contributed by atoms with Gasteiger partial charge >= 0.3 is 5.97 Å². The number of esters is 1. The van der Waals surface area contributed by atoms with Crippen LogP contribution in [-0.2, 0) is 15.3 Å². The molecule has 104 valence electrons. The first kappa shape index (κ1) is 15.9. The number of methoxy groups -OCH3 is 1. The molecule has 0 amide bonds. The molecule has 2 N–H and O–H groups in total. The summed E-state index contributed by atoms with van der Waals surface area (Å²) in [6.45, 7) is 0. The second-order valence-electron chi connectivity index (χ2n) is 3.67. The van der Waals surface area contributed by atoms with Crippen LogP contribution in [0.15, 0.2) is 22.7 Å². The minimum atomic E-state index is -0.718. The van der Waals surface area contributed by atoms with Crippen molar-refractivity contribution in [2.24, 2.45) is 5.73 Å². The average Bonchev–Trinajstić information content (AvgIpc) is 2.38. The summed E-state index contributed by atoms with van der Waals surface area (Å²) in [4.78, 5) is 21.6. The maximum absolute atomic E-state index is 11.1. The van der Waals surface area contributed by atoms with Crippen LogP contribution in [0.25, 0.3) is 0 Å². The van der Waals surface area contributed by atoms with Crippen LogP contribution in [0.4, 0.5) is 5.69 Å². The third kappa shape index (κ3) is 4.81. The Balaban J connectivity index is 2.63. The predicted octanol–water partition coefficient (Wildman–Crippen LogP) is 2.09. The molecule has 0 saturated heterocycles. The summed E-state index contributed by atoms with van der Waals surface area (Å²) in [7, 11) is 1.27. The number of halogens is 1. The number of nitrogens with zero attached hydrogens (tertiary/aromatic N) is 1. The quantitative estimate of drug-likeness (QED) is 0.480. The lowest BCUT2D eigenvalue weighted by atomic mass is 10.2. The Bertz CT molecular complexity index is 484. The van der Waals surface area contributed by atoms with Crippen LogP contribution in [0.2, 0.25) is 0 Å². The summed E-state index contributed by atoms with van der Waals surface area (Å²) in [5.74, 6) is 0.270. The van der Waals surface area contributed by atoms with Gasteiger partial charge in [0.25, 0.3) is 5.69 Å². The lowest BCUT2D eigenvalue weighted by molar-refractivity contribution is -0.385. The maximum Gasteiger partial charge on any atom is 0.323 e. The number of nitro benzene ring substituents is 1. The monoisotopic (exact) mass is 348 g/mol. The number of benzene rings is 1. The van der Waals surface area contributed by atoms with Gasteiger partial charge in [0.05, 0.1) is 12.0 Å². The molecular formula is C11H13BrN2O4S. The molecule has 0 bridgehead atoms. The number of carbonyl (C=O) groups is 1. The zero-order chi connectivity index (χ0) is 14.4. The van der Waals surface area contributed by atoms with Gasteiger partial charge in [-0.25, -0.2) is 0 Å². The summed E-state index contributed by atoms with van der Waals surface area (Å²) >= 11 is 4.54. The molecular weight excluding hydrogens is 336 g/mol. The molecule has 0 aliphatic rings. The van der Waals surface area contributed by atoms with Crippen molar-refractivity contribution in [2.45, 2.75) is 11.8 Å². The molecule has 0 aromatic heterocycles. The first-order valence-corrected chi connectivity index (χ1v) is 7.24. The lowest BCUT2D eigenvalue weighted by Crippen LogP contribution is -2.33. The van der Waals surface area contributed by atoms with Crippen molar-refractivity contribution in [3.8, 4) is 0 Å². The van der Waals surface area contributed by atoms with Gasteiger partial charge in [-0.3, -0.25) is 14.9 Å². The highest BCUT2D eigenvalue weighted by atomic mass is 79.9. The lowest BCUT2D eigenvalue weighted by Gasteiger charge is -2.08. The number of hydrogen-bond acceptors (Lipinski definition) is 6. The Labute approximate surface area is 123 Å². The van der Waals surface area contributed by atoms with Crippen molar-refractivity contribution in [2.75, 3.05) is 12.9 Å². The van der Waals surface area contributed by atoms with E-state index in [-0.39, 0.29) is 5.69 Å². The van der Waals surface area contributed by atoms with Gasteiger partial charge in [-0.1, -0.05) is 22.0 Å². The van der Waals surface area contributed by atoms with E-state index in [4.69, 9.17) is 5.73 Å². The second kappa shape index (κ2) is 7.46. The van der Waals surface area contributed by atoms with Gasteiger partial charge in [0, 0.05) is 27.6 Å². The highest BCUT2D eigenvalue weighted by Crippen LogP contribution is 2.27. The number of ether oxygens (including phenoxy) is 1. The molecule has 0 radical (unpaired) electrons. The van der Waals surface area contributed by atoms with Crippen molar-refractivity contribution in [1.82, 2.24) is 0 Å². The molecule has 1 aromatic rings. The van der Waals surface area contributed by atoms with E-state index in [9.17, 15) is 14.9 Å². The molecule has 1 aromatic carbocycles. The van der Waals surface area contributed by atoms with Gasteiger partial charge in [-0.15, -0.1) is 0 Å². The number of rotatable bonds is 6. The summed E-state index contributed by atoms with van der Waals surface area (Å²) in [5, 5.41) is 10.9. The third-order valence-electron chi connectivity index (χ3n) is 2.30. The zero-order valence-corrected chi connectivity index (χ0v) is 12.6. The molecule has 0 saturated carbocycles. The smallest absolute Gasteiger partial charge is 0.323 e. The van der Waals surface area contributed by atoms with Crippen LogP contribution in [0.3, 0.4) is 0 Å². The van der Waals surface area contributed by atoms with Crippen LogP contribution in [-0.4, -0.2) is 29.8 Å². The van der Waals surface area contributed by atoms with E-state index >= 15 is 0 Å². The molecule has 1 rings (SSSR count). The number of hydrogen-bond donors (Lipinski definition) is 1. The van der Waals surface area contributed by atoms with Crippen molar-refractivity contribution < 1.29 is 14.5 Å². The number of nitrogens with two attached hydrogens (primary N) is 1. The fraction of sp³-hybridized carbons (Fsp3) is 0.364. The maximum atomic E-state index is 11.1. The minimum absolute atomic E-state index is 0.0496. The molecule has 1 unspecified atom stereocenters. The Morgan fingerprint density at radius 1 is 1.63 bits per heavy atom. The van der Waals surface area contributed by atoms with E-state index in [1.54, 1.807) is 12.1 Å². The number of thioether (sulfide) groups is 1. The fourth-order valence-corrected chi connectivity index (χ4v) is 2.67. The highest BCUT2D eigenvalue weighted by Gasteiger charge is 2.17. The summed E-state index contributed by atoms with van der Waals surface area (Å²) < 4.78 is 5.15. The normalized spacial score (nSPS) is 11.9.